The third kappa shape index (κ3) is 3.51. The highest BCUT2D eigenvalue weighted by molar-refractivity contribution is 5.78. The van der Waals surface area contributed by atoms with Crippen molar-refractivity contribution in [2.24, 2.45) is 5.73 Å². The molecule has 1 aromatic carbocycles. The zero-order chi connectivity index (χ0) is 14.7. The van der Waals surface area contributed by atoms with Gasteiger partial charge < -0.3 is 15.4 Å². The van der Waals surface area contributed by atoms with E-state index in [1.165, 1.54) is 5.56 Å². The number of amides is 1. The lowest BCUT2D eigenvalue weighted by Gasteiger charge is -2.30. The molecule has 0 unspecified atom stereocenters. The van der Waals surface area contributed by atoms with Crippen LogP contribution < -0.4 is 10.5 Å². The number of aryl methyl sites for hydroxylation is 3. The van der Waals surface area contributed by atoms with Crippen LogP contribution in [0.4, 0.5) is 0 Å². The van der Waals surface area contributed by atoms with Crippen LogP contribution >= 0.6 is 0 Å². The number of likely N-dealkylation sites (tertiary alicyclic amines) is 1. The summed E-state index contributed by atoms with van der Waals surface area (Å²) in [6.45, 7) is 7.69. The Morgan fingerprint density at radius 1 is 1.25 bits per heavy atom. The number of hydrogen-bond acceptors (Lipinski definition) is 3. The van der Waals surface area contributed by atoms with Crippen LogP contribution in [0.25, 0.3) is 0 Å². The zero-order valence-electron chi connectivity index (χ0n) is 12.6. The zero-order valence-corrected chi connectivity index (χ0v) is 12.6. The number of carbonyl (C=O) groups is 1. The molecule has 2 N–H and O–H groups in total. The van der Waals surface area contributed by atoms with E-state index in [1.54, 1.807) is 0 Å². The van der Waals surface area contributed by atoms with Crippen LogP contribution in [0.2, 0.25) is 0 Å². The summed E-state index contributed by atoms with van der Waals surface area (Å²) in [6, 6.07) is 4.39. The van der Waals surface area contributed by atoms with E-state index >= 15 is 0 Å². The van der Waals surface area contributed by atoms with E-state index in [0.717, 1.165) is 42.8 Å². The molecule has 0 aliphatic carbocycles. The van der Waals surface area contributed by atoms with Gasteiger partial charge in [0, 0.05) is 19.1 Å². The van der Waals surface area contributed by atoms with Crippen molar-refractivity contribution in [2.45, 2.75) is 39.7 Å². The molecule has 1 aliphatic rings. The SMILES string of the molecule is Cc1cc(C)c(OCC(=O)N2CCC(N)CC2)c(C)c1. The second-order valence-electron chi connectivity index (χ2n) is 5.73. The smallest absolute Gasteiger partial charge is 0.260 e. The molecule has 4 heteroatoms. The molecule has 0 aromatic heterocycles. The molecule has 0 saturated carbocycles. The maximum absolute atomic E-state index is 12.1. The van der Waals surface area contributed by atoms with Gasteiger partial charge in [0.05, 0.1) is 0 Å². The number of carbonyl (C=O) groups excluding carboxylic acids is 1. The quantitative estimate of drug-likeness (QED) is 0.918. The summed E-state index contributed by atoms with van der Waals surface area (Å²) >= 11 is 0. The van der Waals surface area contributed by atoms with Crippen LogP contribution in [-0.4, -0.2) is 36.5 Å². The van der Waals surface area contributed by atoms with E-state index in [1.807, 2.05) is 18.7 Å². The third-order valence-corrected chi connectivity index (χ3v) is 3.84. The second kappa shape index (κ2) is 6.27. The van der Waals surface area contributed by atoms with Crippen molar-refractivity contribution in [1.29, 1.82) is 0 Å². The van der Waals surface area contributed by atoms with Gasteiger partial charge in [-0.1, -0.05) is 17.7 Å². The Morgan fingerprint density at radius 2 is 1.80 bits per heavy atom. The van der Waals surface area contributed by atoms with E-state index in [2.05, 4.69) is 19.1 Å². The summed E-state index contributed by atoms with van der Waals surface area (Å²) in [5, 5.41) is 0. The maximum atomic E-state index is 12.1. The Balaban J connectivity index is 1.94. The maximum Gasteiger partial charge on any atom is 0.260 e. The Hall–Kier alpha value is -1.55. The summed E-state index contributed by atoms with van der Waals surface area (Å²) < 4.78 is 5.74. The van der Waals surface area contributed by atoms with Crippen molar-refractivity contribution >= 4 is 5.91 Å². The van der Waals surface area contributed by atoms with Gasteiger partial charge in [-0.3, -0.25) is 4.79 Å². The predicted molar refractivity (Wildman–Crippen MR) is 79.9 cm³/mol. The van der Waals surface area contributed by atoms with E-state index in [0.29, 0.717) is 0 Å². The van der Waals surface area contributed by atoms with E-state index < -0.39 is 0 Å². The van der Waals surface area contributed by atoms with Crippen molar-refractivity contribution in [2.75, 3.05) is 19.7 Å². The van der Waals surface area contributed by atoms with Gasteiger partial charge >= 0.3 is 0 Å². The Kier molecular flexibility index (Phi) is 4.65. The summed E-state index contributed by atoms with van der Waals surface area (Å²) in [7, 11) is 0. The van der Waals surface area contributed by atoms with Crippen LogP contribution in [0.3, 0.4) is 0 Å². The predicted octanol–water partition coefficient (Wildman–Crippen LogP) is 1.94. The normalized spacial score (nSPS) is 16.3. The number of ether oxygens (including phenoxy) is 1. The summed E-state index contributed by atoms with van der Waals surface area (Å²) in [4.78, 5) is 14.0. The largest absolute Gasteiger partial charge is 0.483 e. The Morgan fingerprint density at radius 3 is 2.35 bits per heavy atom. The first-order chi connectivity index (χ1) is 9.47. The molecule has 1 saturated heterocycles. The van der Waals surface area contributed by atoms with Crippen LogP contribution in [0.15, 0.2) is 12.1 Å². The summed E-state index contributed by atoms with van der Waals surface area (Å²) in [5.41, 5.74) is 9.22. The molecule has 1 aliphatic heterocycles. The lowest BCUT2D eigenvalue weighted by Crippen LogP contribution is -2.44. The fraction of sp³-hybridized carbons (Fsp3) is 0.562. The third-order valence-electron chi connectivity index (χ3n) is 3.84. The molecule has 1 amide bonds. The molecule has 4 nitrogen and oxygen atoms in total. The molecule has 110 valence electrons. The first-order valence-corrected chi connectivity index (χ1v) is 7.21. The summed E-state index contributed by atoms with van der Waals surface area (Å²) in [6.07, 6.45) is 1.77. The molecular weight excluding hydrogens is 252 g/mol. The fourth-order valence-corrected chi connectivity index (χ4v) is 2.77. The lowest BCUT2D eigenvalue weighted by molar-refractivity contribution is -0.134. The highest BCUT2D eigenvalue weighted by Gasteiger charge is 2.21. The van der Waals surface area contributed by atoms with Gasteiger partial charge in [-0.25, -0.2) is 0 Å². The highest BCUT2D eigenvalue weighted by Crippen LogP contribution is 2.24. The Labute approximate surface area is 120 Å². The second-order valence-corrected chi connectivity index (χ2v) is 5.73. The van der Waals surface area contributed by atoms with Gasteiger partial charge in [-0.15, -0.1) is 0 Å². The highest BCUT2D eigenvalue weighted by atomic mass is 16.5. The van der Waals surface area contributed by atoms with Gasteiger partial charge in [-0.05, 0) is 44.7 Å². The fourth-order valence-electron chi connectivity index (χ4n) is 2.77. The van der Waals surface area contributed by atoms with Gasteiger partial charge in [0.1, 0.15) is 5.75 Å². The van der Waals surface area contributed by atoms with Crippen LogP contribution in [0.1, 0.15) is 29.5 Å². The monoisotopic (exact) mass is 276 g/mol. The molecule has 0 spiro atoms. The molecule has 0 bridgehead atoms. The molecule has 1 fully saturated rings. The minimum atomic E-state index is 0.0521. The summed E-state index contributed by atoms with van der Waals surface area (Å²) in [5.74, 6) is 0.883. The Bertz CT molecular complexity index is 468. The van der Waals surface area contributed by atoms with E-state index in [9.17, 15) is 4.79 Å². The van der Waals surface area contributed by atoms with Crippen LogP contribution in [-0.2, 0) is 4.79 Å². The van der Waals surface area contributed by atoms with Crippen molar-refractivity contribution < 1.29 is 9.53 Å². The van der Waals surface area contributed by atoms with Crippen molar-refractivity contribution in [3.8, 4) is 5.75 Å². The van der Waals surface area contributed by atoms with Gasteiger partial charge in [0.2, 0.25) is 0 Å². The van der Waals surface area contributed by atoms with E-state index in [-0.39, 0.29) is 18.6 Å². The van der Waals surface area contributed by atoms with Crippen LogP contribution in [0, 0.1) is 20.8 Å². The first kappa shape index (κ1) is 14.9. The average Bonchev–Trinajstić information content (AvgIpc) is 2.38. The lowest BCUT2D eigenvalue weighted by atomic mass is 10.1. The van der Waals surface area contributed by atoms with Crippen molar-refractivity contribution in [3.63, 3.8) is 0 Å². The topological polar surface area (TPSA) is 55.6 Å². The number of rotatable bonds is 3. The van der Waals surface area contributed by atoms with E-state index in [4.69, 9.17) is 10.5 Å². The molecule has 1 aromatic rings. The standard InChI is InChI=1S/C16H24N2O2/c1-11-8-12(2)16(13(3)9-11)20-10-15(19)18-6-4-14(17)5-7-18/h8-9,14H,4-7,10,17H2,1-3H3. The molecule has 2 rings (SSSR count). The molecule has 0 radical (unpaired) electrons. The molecule has 1 heterocycles. The van der Waals surface area contributed by atoms with Gasteiger partial charge in [0.25, 0.3) is 5.91 Å². The van der Waals surface area contributed by atoms with Crippen molar-refractivity contribution in [1.82, 2.24) is 4.90 Å². The van der Waals surface area contributed by atoms with Crippen LogP contribution in [0.5, 0.6) is 5.75 Å². The van der Waals surface area contributed by atoms with Gasteiger partial charge in [-0.2, -0.15) is 0 Å². The minimum absolute atomic E-state index is 0.0521. The number of nitrogens with zero attached hydrogens (tertiary/aromatic N) is 1. The minimum Gasteiger partial charge on any atom is -0.483 e. The number of benzene rings is 1. The molecular formula is C16H24N2O2. The van der Waals surface area contributed by atoms with Gasteiger partial charge in [0.15, 0.2) is 6.61 Å². The number of piperidine rings is 1. The first-order valence-electron chi connectivity index (χ1n) is 7.21. The molecule has 20 heavy (non-hydrogen) atoms. The molecule has 0 atom stereocenters. The number of nitrogens with two attached hydrogens (primary N) is 1. The average molecular weight is 276 g/mol. The number of hydrogen-bond donors (Lipinski definition) is 1. The van der Waals surface area contributed by atoms with Crippen molar-refractivity contribution in [3.05, 3.63) is 28.8 Å².